The standard InChI is InChI=1S/C46H85N9O10/c1-23(2)16-32(21-38(58)55-41(28(11)12)45(63)49-30(14)20-37(57)53-35(46(64)65)18-25(5)6)51-42(60)31(15)50-39(59)22-33(26(7)8)54-43(61)34(17-24(3)4)52-36(56)19-29(13)48-44(62)40(47)27(9)10/h23-35,40-41H,16-22,47H2,1-15H3,(H,48,62)(H,49,63)(H,50,59)(H,51,60)(H,52,56)(H,53,57)(H,54,61)(H,55,58)(H,64,65)/t29-,30-,31-,32-,33-,34-,35-,40-,41-/m0/s1. The number of amides is 8. The van der Waals surface area contributed by atoms with E-state index in [-0.39, 0.29) is 73.5 Å². The Hall–Kier alpha value is -4.81. The molecule has 11 N–H and O–H groups in total. The molecule has 0 aliphatic heterocycles. The lowest BCUT2D eigenvalue weighted by molar-refractivity contribution is -0.142. The number of nitrogens with one attached hydrogen (secondary N) is 8. The third-order valence-electron chi connectivity index (χ3n) is 10.6. The van der Waals surface area contributed by atoms with E-state index in [1.807, 2.05) is 69.2 Å². The van der Waals surface area contributed by atoms with Gasteiger partial charge in [-0.25, -0.2) is 4.79 Å². The first-order chi connectivity index (χ1) is 29.9. The molecule has 0 spiro atoms. The summed E-state index contributed by atoms with van der Waals surface area (Å²) in [6, 6.07) is -7.18. The smallest absolute Gasteiger partial charge is 0.326 e. The summed E-state index contributed by atoms with van der Waals surface area (Å²) in [6.07, 6.45) is 0.404. The monoisotopic (exact) mass is 924 g/mol. The van der Waals surface area contributed by atoms with E-state index >= 15 is 0 Å². The molecule has 0 aromatic carbocycles. The molecule has 65 heavy (non-hydrogen) atoms. The van der Waals surface area contributed by atoms with Crippen LogP contribution in [-0.2, 0) is 43.2 Å². The number of hydrogen-bond acceptors (Lipinski definition) is 10. The predicted octanol–water partition coefficient (Wildman–Crippen LogP) is 2.00. The Bertz CT molecular complexity index is 1590. The van der Waals surface area contributed by atoms with Gasteiger partial charge in [0, 0.05) is 49.9 Å². The summed E-state index contributed by atoms with van der Waals surface area (Å²) in [5.41, 5.74) is 5.92. The number of aliphatic carboxylic acids is 1. The first kappa shape index (κ1) is 60.2. The minimum atomic E-state index is -1.15. The van der Waals surface area contributed by atoms with Gasteiger partial charge in [0.1, 0.15) is 24.2 Å². The van der Waals surface area contributed by atoms with E-state index in [1.54, 1.807) is 27.7 Å². The Balaban J connectivity index is 5.57. The molecule has 0 aromatic rings. The van der Waals surface area contributed by atoms with E-state index in [0.717, 1.165) is 0 Å². The number of carboxylic acid groups (broad SMARTS) is 1. The number of rotatable bonds is 30. The minimum absolute atomic E-state index is 0.0335. The lowest BCUT2D eigenvalue weighted by Crippen LogP contribution is -2.54. The second-order valence-corrected chi connectivity index (χ2v) is 20.0. The molecular formula is C46H85N9O10. The van der Waals surface area contributed by atoms with Crippen LogP contribution in [0.2, 0.25) is 0 Å². The fourth-order valence-electron chi connectivity index (χ4n) is 6.92. The number of carboxylic acids is 1. The quantitative estimate of drug-likeness (QED) is 0.0497. The lowest BCUT2D eigenvalue weighted by atomic mass is 9.97. The topological polar surface area (TPSA) is 296 Å². The summed E-state index contributed by atoms with van der Waals surface area (Å²) in [4.78, 5) is 117. The fraction of sp³-hybridized carbons (Fsp3) is 0.804. The number of carbonyl (C=O) groups is 9. The zero-order valence-corrected chi connectivity index (χ0v) is 41.8. The van der Waals surface area contributed by atoms with E-state index in [2.05, 4.69) is 42.5 Å². The van der Waals surface area contributed by atoms with Crippen molar-refractivity contribution < 1.29 is 48.3 Å². The fourth-order valence-corrected chi connectivity index (χ4v) is 6.92. The van der Waals surface area contributed by atoms with Gasteiger partial charge in [-0.3, -0.25) is 38.4 Å². The highest BCUT2D eigenvalue weighted by atomic mass is 16.4. The van der Waals surface area contributed by atoms with Crippen LogP contribution >= 0.6 is 0 Å². The van der Waals surface area contributed by atoms with Crippen LogP contribution in [0.1, 0.15) is 149 Å². The molecule has 0 aliphatic rings. The van der Waals surface area contributed by atoms with Crippen molar-refractivity contribution in [2.75, 3.05) is 0 Å². The van der Waals surface area contributed by atoms with Gasteiger partial charge in [0.25, 0.3) is 0 Å². The van der Waals surface area contributed by atoms with E-state index in [0.29, 0.717) is 12.8 Å². The molecule has 19 nitrogen and oxygen atoms in total. The maximum atomic E-state index is 13.6. The van der Waals surface area contributed by atoms with Crippen molar-refractivity contribution in [3.63, 3.8) is 0 Å². The van der Waals surface area contributed by atoms with Gasteiger partial charge in [-0.1, -0.05) is 83.1 Å². The molecular weight excluding hydrogens is 839 g/mol. The lowest BCUT2D eigenvalue weighted by Gasteiger charge is -2.28. The highest BCUT2D eigenvalue weighted by Gasteiger charge is 2.31. The summed E-state index contributed by atoms with van der Waals surface area (Å²) in [5.74, 6) is -5.54. The molecule has 0 radical (unpaired) electrons. The highest BCUT2D eigenvalue weighted by Crippen LogP contribution is 2.13. The number of hydrogen-bond donors (Lipinski definition) is 10. The van der Waals surface area contributed by atoms with Crippen LogP contribution in [0, 0.1) is 35.5 Å². The van der Waals surface area contributed by atoms with Crippen LogP contribution in [-0.4, -0.2) is 113 Å². The van der Waals surface area contributed by atoms with Crippen molar-refractivity contribution in [3.05, 3.63) is 0 Å². The van der Waals surface area contributed by atoms with Crippen LogP contribution < -0.4 is 48.3 Å². The van der Waals surface area contributed by atoms with Gasteiger partial charge in [-0.2, -0.15) is 0 Å². The van der Waals surface area contributed by atoms with Crippen molar-refractivity contribution in [2.24, 2.45) is 41.2 Å². The molecule has 0 fully saturated rings. The molecule has 0 aromatic heterocycles. The van der Waals surface area contributed by atoms with Gasteiger partial charge < -0.3 is 53.4 Å². The van der Waals surface area contributed by atoms with Gasteiger partial charge in [-0.15, -0.1) is 0 Å². The predicted molar refractivity (Wildman–Crippen MR) is 249 cm³/mol. The number of nitrogens with two attached hydrogens (primary N) is 1. The maximum absolute atomic E-state index is 13.6. The normalized spacial score (nSPS) is 15.8. The van der Waals surface area contributed by atoms with Crippen LogP contribution in [0.25, 0.3) is 0 Å². The Morgan fingerprint density at radius 2 is 0.862 bits per heavy atom. The molecule has 0 rings (SSSR count). The first-order valence-electron chi connectivity index (χ1n) is 23.3. The Morgan fingerprint density at radius 1 is 0.415 bits per heavy atom. The maximum Gasteiger partial charge on any atom is 0.326 e. The summed E-state index contributed by atoms with van der Waals surface area (Å²) in [7, 11) is 0. The van der Waals surface area contributed by atoms with E-state index < -0.39 is 102 Å². The zero-order chi connectivity index (χ0) is 50.5. The Labute approximate surface area is 387 Å². The SMILES string of the molecule is CC(C)C[C@@H](CC(=O)N[C@H](C(=O)N[C@@H](C)CC(=O)N[C@@H](CC(C)C)C(=O)O)C(C)C)NC(=O)[C@H](C)NC(=O)C[C@H](NC(=O)[C@H](CC(C)C)NC(=O)C[C@H](C)NC(=O)[C@@H](N)C(C)C)C(C)C. The zero-order valence-electron chi connectivity index (χ0n) is 41.8. The van der Waals surface area contributed by atoms with Gasteiger partial charge in [0.2, 0.25) is 47.3 Å². The van der Waals surface area contributed by atoms with E-state index in [1.165, 1.54) is 6.92 Å². The molecule has 8 amide bonds. The second-order valence-electron chi connectivity index (χ2n) is 20.0. The van der Waals surface area contributed by atoms with Crippen molar-refractivity contribution in [1.82, 2.24) is 42.5 Å². The van der Waals surface area contributed by atoms with Gasteiger partial charge in [0.05, 0.1) is 6.04 Å². The third-order valence-corrected chi connectivity index (χ3v) is 10.6. The molecule has 19 heteroatoms. The van der Waals surface area contributed by atoms with Crippen LogP contribution in [0.15, 0.2) is 0 Å². The molecule has 0 heterocycles. The number of carbonyl (C=O) groups excluding carboxylic acids is 8. The summed E-state index contributed by atoms with van der Waals surface area (Å²) >= 11 is 0. The highest BCUT2D eigenvalue weighted by molar-refractivity contribution is 5.91. The van der Waals surface area contributed by atoms with Crippen LogP contribution in [0.5, 0.6) is 0 Å². The molecule has 0 bridgehead atoms. The van der Waals surface area contributed by atoms with E-state index in [9.17, 15) is 48.3 Å². The van der Waals surface area contributed by atoms with Crippen LogP contribution in [0.3, 0.4) is 0 Å². The van der Waals surface area contributed by atoms with Crippen molar-refractivity contribution in [3.8, 4) is 0 Å². The van der Waals surface area contributed by atoms with Crippen molar-refractivity contribution >= 4 is 53.2 Å². The van der Waals surface area contributed by atoms with E-state index in [4.69, 9.17) is 5.73 Å². The van der Waals surface area contributed by atoms with Gasteiger partial charge in [0.15, 0.2) is 0 Å². The Morgan fingerprint density at radius 3 is 1.31 bits per heavy atom. The molecule has 0 aliphatic carbocycles. The second kappa shape index (κ2) is 29.7. The first-order valence-corrected chi connectivity index (χ1v) is 23.3. The minimum Gasteiger partial charge on any atom is -0.480 e. The largest absolute Gasteiger partial charge is 0.480 e. The average molecular weight is 924 g/mol. The average Bonchev–Trinajstić information content (AvgIpc) is 3.14. The third kappa shape index (κ3) is 25.5. The Kier molecular flexibility index (Phi) is 27.5. The molecule has 0 saturated heterocycles. The van der Waals surface area contributed by atoms with Crippen molar-refractivity contribution in [1.29, 1.82) is 0 Å². The summed E-state index contributed by atoms with van der Waals surface area (Å²) in [6.45, 7) is 26.9. The molecule has 0 saturated carbocycles. The molecule has 9 atom stereocenters. The van der Waals surface area contributed by atoms with Gasteiger partial charge >= 0.3 is 5.97 Å². The summed E-state index contributed by atoms with van der Waals surface area (Å²) in [5, 5.41) is 31.4. The molecule has 374 valence electrons. The van der Waals surface area contributed by atoms with Gasteiger partial charge in [-0.05, 0) is 75.5 Å². The van der Waals surface area contributed by atoms with Crippen molar-refractivity contribution in [2.45, 2.75) is 203 Å². The molecule has 0 unspecified atom stereocenters. The summed E-state index contributed by atoms with van der Waals surface area (Å²) < 4.78 is 0. The van der Waals surface area contributed by atoms with Crippen LogP contribution in [0.4, 0.5) is 0 Å².